The predicted molar refractivity (Wildman–Crippen MR) is 85.7 cm³/mol. The average Bonchev–Trinajstić information content (AvgIpc) is 2.76. The molecule has 0 spiro atoms. The molecule has 0 atom stereocenters. The Morgan fingerprint density at radius 2 is 2.15 bits per heavy atom. The van der Waals surface area contributed by atoms with Crippen molar-refractivity contribution in [2.24, 2.45) is 0 Å². The number of hydrogen-bond donors (Lipinski definition) is 2. The fraction of sp³-hybridized carbons (Fsp3) is 0.667. The van der Waals surface area contributed by atoms with E-state index in [1.807, 2.05) is 14.0 Å². The van der Waals surface area contributed by atoms with Crippen molar-refractivity contribution in [3.05, 3.63) is 14.7 Å². The smallest absolute Gasteiger partial charge is 0.242 e. The van der Waals surface area contributed by atoms with Crippen LogP contribution in [0.5, 0.6) is 0 Å². The molecular weight excluding hydrogens is 364 g/mol. The van der Waals surface area contributed by atoms with Crippen LogP contribution in [0.1, 0.15) is 24.6 Å². The molecule has 1 aromatic rings. The number of nitrogens with one attached hydrogen (secondary N) is 2. The van der Waals surface area contributed by atoms with Gasteiger partial charge >= 0.3 is 0 Å². The Labute approximate surface area is 133 Å². The molecule has 1 heterocycles. The van der Waals surface area contributed by atoms with Gasteiger partial charge in [-0.3, -0.25) is 0 Å². The number of rotatable bonds is 10. The van der Waals surface area contributed by atoms with E-state index in [9.17, 15) is 8.42 Å². The Kier molecular flexibility index (Phi) is 8.23. The van der Waals surface area contributed by atoms with Crippen LogP contribution >= 0.6 is 27.3 Å². The first-order chi connectivity index (χ1) is 9.51. The van der Waals surface area contributed by atoms with Gasteiger partial charge in [0.15, 0.2) is 0 Å². The molecule has 0 fully saturated rings. The van der Waals surface area contributed by atoms with Gasteiger partial charge in [-0.1, -0.05) is 6.92 Å². The standard InChI is InChI=1S/C12H21BrN2O3S2/c1-3-6-18-7-4-5-15-20(16,17)11-8-10(9-14-2)19-12(11)13/h8,14-15H,3-7,9H2,1-2H3. The largest absolute Gasteiger partial charge is 0.381 e. The van der Waals surface area contributed by atoms with E-state index in [1.165, 1.54) is 11.3 Å². The third kappa shape index (κ3) is 5.79. The van der Waals surface area contributed by atoms with Crippen LogP contribution < -0.4 is 10.0 Å². The molecule has 0 unspecified atom stereocenters. The van der Waals surface area contributed by atoms with Crippen LogP contribution in [0, 0.1) is 0 Å². The molecular formula is C12H21BrN2O3S2. The molecule has 0 aromatic carbocycles. The van der Waals surface area contributed by atoms with Gasteiger partial charge in [-0.05, 0) is 41.9 Å². The second kappa shape index (κ2) is 9.11. The van der Waals surface area contributed by atoms with Crippen molar-refractivity contribution >= 4 is 37.3 Å². The number of ether oxygens (including phenoxy) is 1. The van der Waals surface area contributed by atoms with Crippen molar-refractivity contribution in [3.8, 4) is 0 Å². The van der Waals surface area contributed by atoms with Gasteiger partial charge in [0.25, 0.3) is 0 Å². The van der Waals surface area contributed by atoms with Gasteiger partial charge in [0, 0.05) is 31.2 Å². The third-order valence-electron chi connectivity index (χ3n) is 2.45. The van der Waals surface area contributed by atoms with E-state index < -0.39 is 10.0 Å². The molecule has 5 nitrogen and oxygen atoms in total. The molecule has 0 aliphatic carbocycles. The van der Waals surface area contributed by atoms with Gasteiger partial charge in [0.1, 0.15) is 4.90 Å². The molecule has 0 saturated carbocycles. The number of hydrogen-bond acceptors (Lipinski definition) is 5. The Morgan fingerprint density at radius 3 is 2.80 bits per heavy atom. The van der Waals surface area contributed by atoms with Gasteiger partial charge in [-0.15, -0.1) is 11.3 Å². The lowest BCUT2D eigenvalue weighted by Crippen LogP contribution is -2.25. The summed E-state index contributed by atoms with van der Waals surface area (Å²) in [5.41, 5.74) is 0. The lowest BCUT2D eigenvalue weighted by Gasteiger charge is -2.06. The minimum Gasteiger partial charge on any atom is -0.381 e. The van der Waals surface area contributed by atoms with E-state index in [-0.39, 0.29) is 0 Å². The summed E-state index contributed by atoms with van der Waals surface area (Å²) < 4.78 is 32.9. The third-order valence-corrected chi connectivity index (χ3v) is 6.17. The summed E-state index contributed by atoms with van der Waals surface area (Å²) in [6.45, 7) is 4.38. The van der Waals surface area contributed by atoms with Crippen molar-refractivity contribution in [1.29, 1.82) is 0 Å². The average molecular weight is 385 g/mol. The van der Waals surface area contributed by atoms with E-state index >= 15 is 0 Å². The summed E-state index contributed by atoms with van der Waals surface area (Å²) >= 11 is 4.74. The zero-order valence-corrected chi connectivity index (χ0v) is 15.0. The first kappa shape index (κ1) is 18.1. The molecule has 0 amide bonds. The quantitative estimate of drug-likeness (QED) is 0.607. The lowest BCUT2D eigenvalue weighted by molar-refractivity contribution is 0.133. The highest BCUT2D eigenvalue weighted by molar-refractivity contribution is 9.11. The highest BCUT2D eigenvalue weighted by Crippen LogP contribution is 2.31. The van der Waals surface area contributed by atoms with Gasteiger partial charge in [0.05, 0.1) is 3.79 Å². The summed E-state index contributed by atoms with van der Waals surface area (Å²) in [4.78, 5) is 1.29. The molecule has 0 saturated heterocycles. The summed E-state index contributed by atoms with van der Waals surface area (Å²) in [5, 5.41) is 3.01. The predicted octanol–water partition coefficient (Wildman–Crippen LogP) is 2.33. The van der Waals surface area contributed by atoms with E-state index in [4.69, 9.17) is 4.74 Å². The molecule has 1 aromatic heterocycles. The zero-order valence-electron chi connectivity index (χ0n) is 11.7. The van der Waals surface area contributed by atoms with Crippen molar-refractivity contribution in [1.82, 2.24) is 10.0 Å². The summed E-state index contributed by atoms with van der Waals surface area (Å²) in [6, 6.07) is 1.70. The molecule has 1 rings (SSSR count). The number of halogens is 1. The van der Waals surface area contributed by atoms with Crippen molar-refractivity contribution in [2.75, 3.05) is 26.8 Å². The molecule has 0 aliphatic rings. The molecule has 8 heteroatoms. The number of thiophene rings is 1. The molecule has 0 radical (unpaired) electrons. The van der Waals surface area contributed by atoms with Crippen LogP contribution in [-0.2, 0) is 21.3 Å². The Morgan fingerprint density at radius 1 is 1.40 bits per heavy atom. The Bertz CT molecular complexity index is 503. The van der Waals surface area contributed by atoms with Crippen LogP contribution in [0.4, 0.5) is 0 Å². The molecule has 0 aliphatic heterocycles. The van der Waals surface area contributed by atoms with Crippen molar-refractivity contribution in [2.45, 2.75) is 31.2 Å². The molecule has 116 valence electrons. The second-order valence-corrected chi connectivity index (χ2v) is 8.43. The minimum atomic E-state index is -3.45. The first-order valence-corrected chi connectivity index (χ1v) is 9.60. The monoisotopic (exact) mass is 384 g/mol. The van der Waals surface area contributed by atoms with E-state index in [2.05, 4.69) is 26.0 Å². The summed E-state index contributed by atoms with van der Waals surface area (Å²) in [7, 11) is -1.62. The van der Waals surface area contributed by atoms with Gasteiger partial charge in [-0.25, -0.2) is 13.1 Å². The van der Waals surface area contributed by atoms with E-state index in [1.54, 1.807) is 6.07 Å². The van der Waals surface area contributed by atoms with Gasteiger partial charge in [0.2, 0.25) is 10.0 Å². The highest BCUT2D eigenvalue weighted by atomic mass is 79.9. The molecule has 20 heavy (non-hydrogen) atoms. The van der Waals surface area contributed by atoms with Gasteiger partial charge in [-0.2, -0.15) is 0 Å². The Balaban J connectivity index is 2.51. The maximum absolute atomic E-state index is 12.2. The van der Waals surface area contributed by atoms with Crippen LogP contribution in [-0.4, -0.2) is 35.2 Å². The number of sulfonamides is 1. The highest BCUT2D eigenvalue weighted by Gasteiger charge is 2.20. The lowest BCUT2D eigenvalue weighted by atomic mass is 10.4. The molecule has 2 N–H and O–H groups in total. The van der Waals surface area contributed by atoms with Crippen molar-refractivity contribution in [3.63, 3.8) is 0 Å². The van der Waals surface area contributed by atoms with Crippen LogP contribution in [0.25, 0.3) is 0 Å². The fourth-order valence-corrected chi connectivity index (χ4v) is 5.31. The summed E-state index contributed by atoms with van der Waals surface area (Å²) in [6.07, 6.45) is 1.65. The zero-order chi connectivity index (χ0) is 15.0. The Hall–Kier alpha value is 0.01000. The topological polar surface area (TPSA) is 67.4 Å². The second-order valence-electron chi connectivity index (χ2n) is 4.24. The minimum absolute atomic E-state index is 0.308. The normalized spacial score (nSPS) is 11.9. The first-order valence-electron chi connectivity index (χ1n) is 6.51. The van der Waals surface area contributed by atoms with Crippen LogP contribution in [0.2, 0.25) is 0 Å². The van der Waals surface area contributed by atoms with Crippen molar-refractivity contribution < 1.29 is 13.2 Å². The van der Waals surface area contributed by atoms with Gasteiger partial charge < -0.3 is 10.1 Å². The van der Waals surface area contributed by atoms with E-state index in [0.717, 1.165) is 17.9 Å². The summed E-state index contributed by atoms with van der Waals surface area (Å²) in [5.74, 6) is 0. The molecule has 0 bridgehead atoms. The SMILES string of the molecule is CCCOCCCNS(=O)(=O)c1cc(CNC)sc1Br. The fourth-order valence-electron chi connectivity index (χ4n) is 1.55. The maximum atomic E-state index is 12.2. The van der Waals surface area contributed by atoms with Crippen LogP contribution in [0.15, 0.2) is 14.7 Å². The van der Waals surface area contributed by atoms with Crippen LogP contribution in [0.3, 0.4) is 0 Å². The van der Waals surface area contributed by atoms with E-state index in [0.29, 0.717) is 34.8 Å². The maximum Gasteiger partial charge on any atom is 0.242 e.